The van der Waals surface area contributed by atoms with Crippen LogP contribution in [0.15, 0.2) is 0 Å². The Hall–Kier alpha value is -0.570. The molecule has 0 aliphatic carbocycles. The van der Waals surface area contributed by atoms with Crippen molar-refractivity contribution in [3.05, 3.63) is 0 Å². The second-order valence-corrected chi connectivity index (χ2v) is 2.07. The van der Waals surface area contributed by atoms with Gasteiger partial charge in [-0.15, -0.1) is 11.6 Å². The van der Waals surface area contributed by atoms with Gasteiger partial charge in [-0.1, -0.05) is 0 Å². The summed E-state index contributed by atoms with van der Waals surface area (Å²) >= 11 is 5.28. The molecule has 0 radical (unpaired) electrons. The fourth-order valence-corrected chi connectivity index (χ4v) is 1.02. The van der Waals surface area contributed by atoms with Crippen LogP contribution in [0, 0.1) is 0 Å². The normalized spacial score (nSPS) is 19.4. The molecule has 1 heterocycles. The quantitative estimate of drug-likeness (QED) is 0.305. The van der Waals surface area contributed by atoms with Crippen molar-refractivity contribution in [2.24, 2.45) is 0 Å². The number of imide groups is 1. The molecule has 0 bridgehead atoms. The van der Waals surface area contributed by atoms with Crippen LogP contribution in [-0.2, 0) is 9.59 Å². The van der Waals surface area contributed by atoms with E-state index >= 15 is 0 Å². The number of alkyl halides is 1. The zero-order valence-corrected chi connectivity index (χ0v) is 5.52. The topological polar surface area (TPSA) is 37.4 Å². The molecule has 1 fully saturated rings. The first-order valence-electron chi connectivity index (χ1n) is 2.65. The number of hydrogen-bond acceptors (Lipinski definition) is 2. The molecule has 2 amide bonds. The van der Waals surface area contributed by atoms with Gasteiger partial charge >= 0.3 is 0 Å². The van der Waals surface area contributed by atoms with Gasteiger partial charge in [-0.2, -0.15) is 0 Å². The minimum atomic E-state index is -0.157. The number of carbonyl (C=O) groups is 2. The van der Waals surface area contributed by atoms with Gasteiger partial charge in [0.1, 0.15) is 6.00 Å². The molecule has 1 aliphatic heterocycles. The Labute approximate surface area is 57.6 Å². The van der Waals surface area contributed by atoms with Gasteiger partial charge in [0.05, 0.1) is 0 Å². The van der Waals surface area contributed by atoms with Gasteiger partial charge in [-0.05, 0) is 0 Å². The number of hydrogen-bond donors (Lipinski definition) is 0. The Kier molecular flexibility index (Phi) is 1.71. The summed E-state index contributed by atoms with van der Waals surface area (Å²) in [6, 6.07) is -0.00231. The van der Waals surface area contributed by atoms with Crippen LogP contribution in [0.5, 0.6) is 0 Å². The number of amides is 2. The highest BCUT2D eigenvalue weighted by atomic mass is 35.5. The van der Waals surface area contributed by atoms with Crippen LogP contribution in [0.25, 0.3) is 0 Å². The van der Waals surface area contributed by atoms with Crippen molar-refractivity contribution in [3.8, 4) is 0 Å². The molecular formula is C5H6ClNO2. The lowest BCUT2D eigenvalue weighted by atomic mass is 10.4. The summed E-state index contributed by atoms with van der Waals surface area (Å²) in [6.07, 6.45) is 0.650. The van der Waals surface area contributed by atoms with Crippen LogP contribution in [0.4, 0.5) is 0 Å². The second-order valence-electron chi connectivity index (χ2n) is 1.84. The van der Waals surface area contributed by atoms with Crippen molar-refractivity contribution < 1.29 is 9.59 Å². The van der Waals surface area contributed by atoms with Crippen molar-refractivity contribution in [1.29, 1.82) is 0 Å². The average molecular weight is 148 g/mol. The van der Waals surface area contributed by atoms with E-state index in [1.165, 1.54) is 0 Å². The van der Waals surface area contributed by atoms with Crippen LogP contribution in [0.3, 0.4) is 0 Å². The maximum Gasteiger partial charge on any atom is 0.230 e. The van der Waals surface area contributed by atoms with Crippen molar-refractivity contribution in [2.75, 3.05) is 6.00 Å². The van der Waals surface area contributed by atoms with Gasteiger partial charge in [0.2, 0.25) is 11.8 Å². The summed E-state index contributed by atoms with van der Waals surface area (Å²) in [5.41, 5.74) is 0. The van der Waals surface area contributed by atoms with E-state index in [1.54, 1.807) is 0 Å². The van der Waals surface area contributed by atoms with Gasteiger partial charge in [0, 0.05) is 12.8 Å². The first kappa shape index (κ1) is 6.55. The number of carbonyl (C=O) groups excluding carboxylic acids is 2. The van der Waals surface area contributed by atoms with E-state index in [9.17, 15) is 9.59 Å². The standard InChI is InChI=1S/C5H6ClNO2/c6-3-7-4(8)1-2-5(7)9/h1-3H2. The molecule has 0 atom stereocenters. The van der Waals surface area contributed by atoms with Crippen molar-refractivity contribution >= 4 is 23.4 Å². The van der Waals surface area contributed by atoms with Crippen molar-refractivity contribution in [2.45, 2.75) is 12.8 Å². The molecule has 0 aromatic heterocycles. The molecule has 0 aromatic carbocycles. The highest BCUT2D eigenvalue weighted by Crippen LogP contribution is 2.11. The van der Waals surface area contributed by atoms with Crippen molar-refractivity contribution in [3.63, 3.8) is 0 Å². The fourth-order valence-electron chi connectivity index (χ4n) is 0.756. The second kappa shape index (κ2) is 2.35. The smallest absolute Gasteiger partial charge is 0.230 e. The first-order chi connectivity index (χ1) is 4.25. The average Bonchev–Trinajstić information content (AvgIpc) is 2.12. The molecule has 4 heteroatoms. The Bertz CT molecular complexity index is 141. The zero-order valence-electron chi connectivity index (χ0n) is 4.76. The summed E-state index contributed by atoms with van der Waals surface area (Å²) in [6.45, 7) is 0. The molecule has 1 saturated heterocycles. The van der Waals surface area contributed by atoms with Crippen LogP contribution >= 0.6 is 11.6 Å². The lowest BCUT2D eigenvalue weighted by Gasteiger charge is -2.06. The third kappa shape index (κ3) is 1.05. The van der Waals surface area contributed by atoms with Gasteiger partial charge in [-0.25, -0.2) is 0 Å². The Morgan fingerprint density at radius 3 is 2.00 bits per heavy atom. The van der Waals surface area contributed by atoms with Crippen LogP contribution in [-0.4, -0.2) is 22.7 Å². The minimum Gasteiger partial charge on any atom is -0.274 e. The lowest BCUT2D eigenvalue weighted by molar-refractivity contribution is -0.137. The predicted octanol–water partition coefficient (Wildman–Crippen LogP) is 0.332. The molecule has 50 valence electrons. The summed E-state index contributed by atoms with van der Waals surface area (Å²) in [5.74, 6) is -0.315. The Morgan fingerprint density at radius 2 is 1.78 bits per heavy atom. The van der Waals surface area contributed by atoms with Gasteiger partial charge < -0.3 is 0 Å². The van der Waals surface area contributed by atoms with E-state index in [0.717, 1.165) is 4.90 Å². The highest BCUT2D eigenvalue weighted by Gasteiger charge is 2.27. The maximum atomic E-state index is 10.6. The molecule has 0 saturated carbocycles. The largest absolute Gasteiger partial charge is 0.274 e. The van der Waals surface area contributed by atoms with E-state index in [4.69, 9.17) is 11.6 Å². The molecule has 0 spiro atoms. The third-order valence-electron chi connectivity index (χ3n) is 1.27. The van der Waals surface area contributed by atoms with Gasteiger partial charge in [-0.3, -0.25) is 14.5 Å². The molecule has 9 heavy (non-hydrogen) atoms. The van der Waals surface area contributed by atoms with Gasteiger partial charge in [0.25, 0.3) is 0 Å². The van der Waals surface area contributed by atoms with E-state index in [1.807, 2.05) is 0 Å². The number of nitrogens with zero attached hydrogens (tertiary/aromatic N) is 1. The summed E-state index contributed by atoms with van der Waals surface area (Å²) < 4.78 is 0. The van der Waals surface area contributed by atoms with E-state index < -0.39 is 0 Å². The Balaban J connectivity index is 2.66. The Morgan fingerprint density at radius 1 is 1.33 bits per heavy atom. The number of likely N-dealkylation sites (tertiary alicyclic amines) is 1. The molecule has 0 unspecified atom stereocenters. The lowest BCUT2D eigenvalue weighted by Crippen LogP contribution is -2.27. The maximum absolute atomic E-state index is 10.6. The van der Waals surface area contributed by atoms with Gasteiger partial charge in [0.15, 0.2) is 0 Å². The van der Waals surface area contributed by atoms with E-state index in [2.05, 4.69) is 0 Å². The molecular weight excluding hydrogens is 142 g/mol. The number of rotatable bonds is 1. The SMILES string of the molecule is O=C1CCC(=O)N1CCl. The highest BCUT2D eigenvalue weighted by molar-refractivity contribution is 6.21. The fraction of sp³-hybridized carbons (Fsp3) is 0.600. The summed E-state index contributed by atoms with van der Waals surface area (Å²) in [7, 11) is 0. The third-order valence-corrected chi connectivity index (χ3v) is 1.51. The number of halogens is 1. The molecule has 1 aliphatic rings. The predicted molar refractivity (Wildman–Crippen MR) is 31.8 cm³/mol. The molecule has 0 N–H and O–H groups in total. The molecule has 3 nitrogen and oxygen atoms in total. The van der Waals surface area contributed by atoms with Crippen LogP contribution < -0.4 is 0 Å². The van der Waals surface area contributed by atoms with E-state index in [0.29, 0.717) is 12.8 Å². The first-order valence-corrected chi connectivity index (χ1v) is 3.18. The monoisotopic (exact) mass is 147 g/mol. The minimum absolute atomic E-state index is 0.00231. The van der Waals surface area contributed by atoms with Crippen LogP contribution in [0.2, 0.25) is 0 Å². The summed E-state index contributed by atoms with van der Waals surface area (Å²) in [5, 5.41) is 0. The van der Waals surface area contributed by atoms with E-state index in [-0.39, 0.29) is 17.8 Å². The van der Waals surface area contributed by atoms with Crippen molar-refractivity contribution in [1.82, 2.24) is 4.90 Å². The summed E-state index contributed by atoms with van der Waals surface area (Å²) in [4.78, 5) is 22.3. The van der Waals surface area contributed by atoms with Crippen LogP contribution in [0.1, 0.15) is 12.8 Å². The zero-order chi connectivity index (χ0) is 6.85. The molecule has 0 aromatic rings. The molecule has 1 rings (SSSR count).